The maximum atomic E-state index is 6.91. The Morgan fingerprint density at radius 3 is 0.450 bits per heavy atom. The van der Waals surface area contributed by atoms with Crippen LogP contribution in [0.15, 0.2) is 72.8 Å². The first-order chi connectivity index (χ1) is 29.3. The van der Waals surface area contributed by atoms with Crippen molar-refractivity contribution in [2.45, 2.75) is 52.4 Å². The predicted molar refractivity (Wildman–Crippen MR) is 246 cm³/mol. The van der Waals surface area contributed by atoms with Crippen molar-refractivity contribution in [1.82, 2.24) is 39.2 Å². The van der Waals surface area contributed by atoms with Gasteiger partial charge in [-0.1, -0.05) is 72.8 Å². The second-order valence-corrected chi connectivity index (χ2v) is 18.2. The van der Waals surface area contributed by atoms with Gasteiger partial charge < -0.3 is 22.9 Å². The van der Waals surface area contributed by atoms with Gasteiger partial charge in [-0.25, -0.2) is 0 Å². The Morgan fingerprint density at radius 2 is 0.333 bits per heavy atom. The molecule has 0 spiro atoms. The molecule has 320 valence electrons. The molecule has 0 atom stereocenters. The van der Waals surface area contributed by atoms with E-state index < -0.39 is 0 Å². The van der Waals surface area contributed by atoms with E-state index in [2.05, 4.69) is 112 Å². The molecule has 15 rings (SSSR count). The molecule has 11 aliphatic heterocycles. The molecule has 12 nitrogen and oxygen atoms in total. The SMILES string of the molecule is Nc1c2cccc1CN1CCN(CC1)Cc1cccc(c1N)CN1CCN(CC1)Cc1cccc(c1N)CN1CCN(CC1)Cc1cccc(c1N)CN1CCN(CC1)C2. The smallest absolute Gasteiger partial charge is 0.0405 e. The predicted octanol–water partition coefficient (Wildman–Crippen LogP) is 3.60. The number of hydrogen-bond acceptors (Lipinski definition) is 12. The normalized spacial score (nSPS) is 29.3. The minimum atomic E-state index is 0.892. The van der Waals surface area contributed by atoms with Crippen molar-refractivity contribution in [3.63, 3.8) is 0 Å². The number of piperazine rings is 4. The highest BCUT2D eigenvalue weighted by molar-refractivity contribution is 5.56. The summed E-state index contributed by atoms with van der Waals surface area (Å²) in [5.41, 5.74) is 41.4. The fraction of sp³-hybridized carbons (Fsp3) is 0.500. The number of anilines is 4. The minimum absolute atomic E-state index is 0.892. The first kappa shape index (κ1) is 41.1. The first-order valence-electron chi connectivity index (χ1n) is 22.5. The number of rotatable bonds is 0. The minimum Gasteiger partial charge on any atom is -0.398 e. The van der Waals surface area contributed by atoms with Crippen molar-refractivity contribution in [2.75, 3.05) is 128 Å². The number of benzene rings is 4. The highest BCUT2D eigenvalue weighted by Gasteiger charge is 2.25. The lowest BCUT2D eigenvalue weighted by Gasteiger charge is -2.37. The molecular formula is C48H68N12. The molecule has 0 radical (unpaired) electrons. The summed E-state index contributed by atoms with van der Waals surface area (Å²) in [5.74, 6) is 0. The standard InChI is InChI=1S/C48H68N12/c49-45-37-5-1-6-38(45)30-54-15-19-56(20-16-54)32-40-8-3-10-42(47(40)51)34-58-23-27-60(28-24-58)36-44-12-4-11-43(48(44)52)35-59-25-21-57(22-26-59)33-41-9-2-7-39(46(41)50)31-55-17-13-53(29-37)14-18-55/h1-12H,13-36,49-52H2. The van der Waals surface area contributed by atoms with Gasteiger partial charge in [0.25, 0.3) is 0 Å². The molecule has 0 aliphatic carbocycles. The molecule has 16 bridgehead atoms. The van der Waals surface area contributed by atoms with Gasteiger partial charge in [0.1, 0.15) is 0 Å². The molecule has 0 amide bonds. The zero-order valence-electron chi connectivity index (χ0n) is 35.8. The fourth-order valence-electron chi connectivity index (χ4n) is 10.1. The topological polar surface area (TPSA) is 130 Å². The summed E-state index contributed by atoms with van der Waals surface area (Å²) in [7, 11) is 0. The molecule has 12 heteroatoms. The average Bonchev–Trinajstić information content (AvgIpc) is 3.26. The van der Waals surface area contributed by atoms with E-state index in [1.165, 1.54) is 44.5 Å². The Labute approximate surface area is 358 Å². The molecule has 4 fully saturated rings. The summed E-state index contributed by atoms with van der Waals surface area (Å²) in [6, 6.07) is 26.6. The van der Waals surface area contributed by atoms with Crippen LogP contribution in [0.25, 0.3) is 0 Å². The van der Waals surface area contributed by atoms with Crippen LogP contribution in [-0.4, -0.2) is 144 Å². The van der Waals surface area contributed by atoms with Crippen molar-refractivity contribution in [2.24, 2.45) is 0 Å². The van der Waals surface area contributed by atoms with Crippen LogP contribution in [0.1, 0.15) is 44.5 Å². The molecule has 4 aromatic carbocycles. The van der Waals surface area contributed by atoms with E-state index in [4.69, 9.17) is 22.9 Å². The summed E-state index contributed by atoms with van der Waals surface area (Å²) >= 11 is 0. The Morgan fingerprint density at radius 1 is 0.217 bits per heavy atom. The van der Waals surface area contributed by atoms with E-state index in [0.717, 1.165) is 180 Å². The summed E-state index contributed by atoms with van der Waals surface area (Å²) < 4.78 is 0. The summed E-state index contributed by atoms with van der Waals surface area (Å²) in [6.45, 7) is 23.5. The van der Waals surface area contributed by atoms with E-state index in [9.17, 15) is 0 Å². The van der Waals surface area contributed by atoms with Gasteiger partial charge in [0.05, 0.1) is 0 Å². The Balaban J connectivity index is 0.888. The molecular weight excluding hydrogens is 745 g/mol. The number of nitrogens with zero attached hydrogens (tertiary/aromatic N) is 8. The highest BCUT2D eigenvalue weighted by Crippen LogP contribution is 2.28. The molecule has 4 saturated heterocycles. The van der Waals surface area contributed by atoms with Crippen LogP contribution in [0, 0.1) is 0 Å². The third-order valence-corrected chi connectivity index (χ3v) is 14.2. The van der Waals surface area contributed by atoms with E-state index in [0.29, 0.717) is 0 Å². The largest absolute Gasteiger partial charge is 0.398 e. The zero-order valence-corrected chi connectivity index (χ0v) is 35.8. The van der Waals surface area contributed by atoms with Gasteiger partial charge in [-0.2, -0.15) is 0 Å². The Bertz CT molecular complexity index is 1630. The average molecular weight is 813 g/mol. The molecule has 11 aliphatic rings. The second kappa shape index (κ2) is 18.8. The van der Waals surface area contributed by atoms with Crippen LogP contribution in [0.5, 0.6) is 0 Å². The third-order valence-electron chi connectivity index (χ3n) is 14.2. The Hall–Kier alpha value is -4.24. The van der Waals surface area contributed by atoms with Gasteiger partial charge in [-0.15, -0.1) is 0 Å². The van der Waals surface area contributed by atoms with E-state index >= 15 is 0 Å². The zero-order chi connectivity index (χ0) is 41.0. The van der Waals surface area contributed by atoms with E-state index in [1.807, 2.05) is 0 Å². The lowest BCUT2D eigenvalue weighted by molar-refractivity contribution is 0.119. The van der Waals surface area contributed by atoms with Gasteiger partial charge >= 0.3 is 0 Å². The van der Waals surface area contributed by atoms with Gasteiger partial charge in [0.15, 0.2) is 0 Å². The van der Waals surface area contributed by atoms with Gasteiger partial charge in [0.2, 0.25) is 0 Å². The van der Waals surface area contributed by atoms with Gasteiger partial charge in [-0.05, 0) is 44.5 Å². The molecule has 8 N–H and O–H groups in total. The number of nitrogens with two attached hydrogens (primary N) is 4. The van der Waals surface area contributed by atoms with Gasteiger partial charge in [-0.3, -0.25) is 39.2 Å². The first-order valence-corrected chi connectivity index (χ1v) is 22.5. The monoisotopic (exact) mass is 813 g/mol. The molecule has 11 heterocycles. The highest BCUT2D eigenvalue weighted by atomic mass is 15.3. The molecule has 0 unspecified atom stereocenters. The van der Waals surface area contributed by atoms with Crippen LogP contribution >= 0.6 is 0 Å². The maximum absolute atomic E-state index is 6.91. The second-order valence-electron chi connectivity index (χ2n) is 18.2. The van der Waals surface area contributed by atoms with Crippen molar-refractivity contribution in [3.8, 4) is 0 Å². The van der Waals surface area contributed by atoms with Crippen LogP contribution in [0.2, 0.25) is 0 Å². The molecule has 0 saturated carbocycles. The van der Waals surface area contributed by atoms with Crippen molar-refractivity contribution in [3.05, 3.63) is 117 Å². The van der Waals surface area contributed by atoms with Crippen LogP contribution in [0.3, 0.4) is 0 Å². The molecule has 60 heavy (non-hydrogen) atoms. The van der Waals surface area contributed by atoms with Crippen LogP contribution in [-0.2, 0) is 52.4 Å². The Kier molecular flexibility index (Phi) is 12.9. The van der Waals surface area contributed by atoms with Crippen LogP contribution in [0.4, 0.5) is 22.7 Å². The molecule has 0 aromatic heterocycles. The van der Waals surface area contributed by atoms with Gasteiger partial charge in [0, 0.05) is 180 Å². The summed E-state index contributed by atoms with van der Waals surface area (Å²) in [6.07, 6.45) is 0. The summed E-state index contributed by atoms with van der Waals surface area (Å²) in [4.78, 5) is 20.5. The van der Waals surface area contributed by atoms with Crippen molar-refractivity contribution >= 4 is 22.7 Å². The van der Waals surface area contributed by atoms with Crippen molar-refractivity contribution < 1.29 is 0 Å². The van der Waals surface area contributed by atoms with E-state index in [-0.39, 0.29) is 0 Å². The maximum Gasteiger partial charge on any atom is 0.0405 e. The summed E-state index contributed by atoms with van der Waals surface area (Å²) in [5, 5.41) is 0. The fourth-order valence-corrected chi connectivity index (χ4v) is 10.1. The number of nitrogen functional groups attached to an aromatic ring is 4. The van der Waals surface area contributed by atoms with E-state index in [1.54, 1.807) is 0 Å². The molecule has 4 aromatic rings. The quantitative estimate of drug-likeness (QED) is 0.194. The lowest BCUT2D eigenvalue weighted by atomic mass is 10.0. The van der Waals surface area contributed by atoms with Crippen molar-refractivity contribution in [1.29, 1.82) is 0 Å². The van der Waals surface area contributed by atoms with Crippen LogP contribution < -0.4 is 22.9 Å². The lowest BCUT2D eigenvalue weighted by Crippen LogP contribution is -2.46. The number of hydrogen-bond donors (Lipinski definition) is 4. The number of para-hydroxylation sites is 4. The third kappa shape index (κ3) is 9.77.